The Morgan fingerprint density at radius 2 is 1.71 bits per heavy atom. The Morgan fingerprint density at radius 3 is 2.49 bits per heavy atom. The van der Waals surface area contributed by atoms with Gasteiger partial charge in [0.25, 0.3) is 0 Å². The molecule has 1 aliphatic carbocycles. The molecule has 5 nitrogen and oxygen atoms in total. The molecule has 178 valence electrons. The lowest BCUT2D eigenvalue weighted by Gasteiger charge is -2.28. The summed E-state index contributed by atoms with van der Waals surface area (Å²) in [6.07, 6.45) is 5.27. The summed E-state index contributed by atoms with van der Waals surface area (Å²) in [5, 5.41) is 7.00. The highest BCUT2D eigenvalue weighted by molar-refractivity contribution is 6.07. The lowest BCUT2D eigenvalue weighted by atomic mass is 9.76. The number of para-hydroxylation sites is 1. The largest absolute Gasteiger partial charge is 0.370 e. The number of aromatic nitrogens is 2. The molecule has 2 heterocycles. The van der Waals surface area contributed by atoms with Crippen LogP contribution in [0.4, 0.5) is 17.2 Å². The zero-order valence-electron chi connectivity index (χ0n) is 20.4. The van der Waals surface area contributed by atoms with Crippen molar-refractivity contribution in [2.75, 3.05) is 17.2 Å². The Balaban J connectivity index is 1.41. The highest BCUT2D eigenvalue weighted by Gasteiger charge is 2.35. The molecule has 0 aliphatic heterocycles. The molecule has 3 N–H and O–H groups in total. The van der Waals surface area contributed by atoms with Crippen molar-refractivity contribution in [3.63, 3.8) is 0 Å². The van der Waals surface area contributed by atoms with E-state index in [9.17, 15) is 4.79 Å². The van der Waals surface area contributed by atoms with Crippen LogP contribution in [0, 0.1) is 5.41 Å². The predicted octanol–water partition coefficient (Wildman–Crippen LogP) is 7.02. The number of benzene rings is 2. The Bertz CT molecular complexity index is 1310. The van der Waals surface area contributed by atoms with Gasteiger partial charge in [0.15, 0.2) is 5.78 Å². The monoisotopic (exact) mass is 464 g/mol. The molecule has 2 aromatic heterocycles. The van der Waals surface area contributed by atoms with Crippen molar-refractivity contribution in [2.45, 2.75) is 39.5 Å². The summed E-state index contributed by atoms with van der Waals surface area (Å²) >= 11 is 0. The van der Waals surface area contributed by atoms with Gasteiger partial charge in [0.05, 0.1) is 16.9 Å². The van der Waals surface area contributed by atoms with Gasteiger partial charge in [-0.05, 0) is 54.5 Å². The minimum atomic E-state index is -0.0556. The van der Waals surface area contributed by atoms with Gasteiger partial charge in [-0.1, -0.05) is 62.4 Å². The van der Waals surface area contributed by atoms with Crippen LogP contribution in [0.1, 0.15) is 48.3 Å². The number of nitrogens with zero attached hydrogens (tertiary/aromatic N) is 1. The van der Waals surface area contributed by atoms with Gasteiger partial charge in [0, 0.05) is 36.1 Å². The summed E-state index contributed by atoms with van der Waals surface area (Å²) < 4.78 is 0. The molecule has 35 heavy (non-hydrogen) atoms. The number of aryl methyl sites for hydroxylation is 1. The van der Waals surface area contributed by atoms with Gasteiger partial charge in [-0.2, -0.15) is 0 Å². The summed E-state index contributed by atoms with van der Waals surface area (Å²) in [5.41, 5.74) is 6.83. The summed E-state index contributed by atoms with van der Waals surface area (Å²) in [4.78, 5) is 21.4. The number of nitrogens with one attached hydrogen (secondary N) is 3. The smallest absolute Gasteiger partial charge is 0.167 e. The minimum absolute atomic E-state index is 0.0556. The number of fused-ring (bicyclic) bond motifs is 1. The van der Waals surface area contributed by atoms with Crippen LogP contribution in [0.3, 0.4) is 0 Å². The number of Topliss-reactive ketones (excluding diaryl/α,β-unsaturated/α-hetero) is 1. The molecule has 0 spiro atoms. The summed E-state index contributed by atoms with van der Waals surface area (Å²) in [6.45, 7) is 5.15. The molecule has 0 radical (unpaired) electrons. The molecule has 0 saturated heterocycles. The Kier molecular flexibility index (Phi) is 6.41. The number of carbonyl (C=O) groups excluding carboxylic acids is 1. The number of anilines is 3. The molecule has 4 aromatic rings. The lowest BCUT2D eigenvalue weighted by molar-refractivity contribution is 0.0912. The van der Waals surface area contributed by atoms with E-state index >= 15 is 0 Å². The second kappa shape index (κ2) is 9.79. The van der Waals surface area contributed by atoms with Gasteiger partial charge >= 0.3 is 0 Å². The first-order valence-electron chi connectivity index (χ1n) is 12.3. The highest BCUT2D eigenvalue weighted by Crippen LogP contribution is 2.43. The van der Waals surface area contributed by atoms with E-state index in [4.69, 9.17) is 0 Å². The van der Waals surface area contributed by atoms with E-state index in [-0.39, 0.29) is 11.2 Å². The van der Waals surface area contributed by atoms with E-state index in [1.54, 1.807) is 0 Å². The number of ketones is 1. The van der Waals surface area contributed by atoms with Crippen LogP contribution in [-0.4, -0.2) is 22.3 Å². The third kappa shape index (κ3) is 5.29. The number of aromatic amines is 1. The van der Waals surface area contributed by atoms with Crippen molar-refractivity contribution in [3.05, 3.63) is 95.8 Å². The molecule has 0 bridgehead atoms. The van der Waals surface area contributed by atoms with Crippen LogP contribution in [-0.2, 0) is 12.8 Å². The zero-order chi connectivity index (χ0) is 24.3. The van der Waals surface area contributed by atoms with Gasteiger partial charge in [-0.25, -0.2) is 4.98 Å². The van der Waals surface area contributed by atoms with E-state index in [1.165, 1.54) is 5.56 Å². The van der Waals surface area contributed by atoms with E-state index < -0.39 is 0 Å². The second-order valence-corrected chi connectivity index (χ2v) is 10.1. The minimum Gasteiger partial charge on any atom is -0.370 e. The number of carbonyl (C=O) groups is 1. The highest BCUT2D eigenvalue weighted by atomic mass is 16.1. The van der Waals surface area contributed by atoms with Crippen LogP contribution >= 0.6 is 0 Å². The summed E-state index contributed by atoms with van der Waals surface area (Å²) in [6, 6.07) is 24.6. The quantitative estimate of drug-likeness (QED) is 0.245. The molecular weight excluding hydrogens is 432 g/mol. The molecule has 0 fully saturated rings. The van der Waals surface area contributed by atoms with Gasteiger partial charge < -0.3 is 15.6 Å². The molecule has 2 aromatic carbocycles. The summed E-state index contributed by atoms with van der Waals surface area (Å²) in [5.74, 6) is 1.02. The van der Waals surface area contributed by atoms with E-state index in [2.05, 4.69) is 64.8 Å². The number of hydrogen-bond donors (Lipinski definition) is 3. The first-order valence-corrected chi connectivity index (χ1v) is 12.3. The summed E-state index contributed by atoms with van der Waals surface area (Å²) in [7, 11) is 0. The van der Waals surface area contributed by atoms with Crippen molar-refractivity contribution in [1.29, 1.82) is 0 Å². The molecule has 0 atom stereocenters. The fourth-order valence-electron chi connectivity index (χ4n) is 4.90. The van der Waals surface area contributed by atoms with Crippen LogP contribution < -0.4 is 10.6 Å². The number of hydrogen-bond acceptors (Lipinski definition) is 4. The molecule has 0 unspecified atom stereocenters. The number of H-pyrrole nitrogens is 1. The SMILES string of the molecule is CC1(C)CC(=O)c2c([nH]c(-c3ccnc(NCCCc4ccccc4)c3)c2Nc2ccccc2)C1. The van der Waals surface area contributed by atoms with Crippen molar-refractivity contribution in [3.8, 4) is 11.3 Å². The lowest BCUT2D eigenvalue weighted by Crippen LogP contribution is -2.26. The first kappa shape index (κ1) is 22.9. The van der Waals surface area contributed by atoms with Crippen LogP contribution in [0.2, 0.25) is 0 Å². The van der Waals surface area contributed by atoms with E-state index in [0.29, 0.717) is 6.42 Å². The van der Waals surface area contributed by atoms with Gasteiger partial charge in [0.2, 0.25) is 0 Å². The standard InChI is InChI=1S/C30H32N4O/c1-30(2)19-24-27(25(35)20-30)29(33-23-13-7-4-8-14-23)28(34-24)22-15-17-32-26(18-22)31-16-9-12-21-10-5-3-6-11-21/h3-8,10-11,13-15,17-18,33-34H,9,12,16,19-20H2,1-2H3,(H,31,32). The fourth-order valence-corrected chi connectivity index (χ4v) is 4.90. The third-order valence-corrected chi connectivity index (χ3v) is 6.53. The maximum atomic E-state index is 13.2. The number of pyridine rings is 1. The molecule has 0 amide bonds. The average Bonchev–Trinajstić information content (AvgIpc) is 3.20. The second-order valence-electron chi connectivity index (χ2n) is 10.1. The van der Waals surface area contributed by atoms with Crippen LogP contribution in [0.5, 0.6) is 0 Å². The molecule has 1 aliphatic rings. The zero-order valence-corrected chi connectivity index (χ0v) is 20.4. The molecule has 5 rings (SSSR count). The van der Waals surface area contributed by atoms with Crippen molar-refractivity contribution >= 4 is 23.0 Å². The third-order valence-electron chi connectivity index (χ3n) is 6.53. The van der Waals surface area contributed by atoms with Crippen molar-refractivity contribution in [2.24, 2.45) is 5.41 Å². The molecule has 0 saturated carbocycles. The van der Waals surface area contributed by atoms with Crippen molar-refractivity contribution in [1.82, 2.24) is 9.97 Å². The maximum absolute atomic E-state index is 13.2. The topological polar surface area (TPSA) is 69.8 Å². The predicted molar refractivity (Wildman–Crippen MR) is 143 cm³/mol. The Labute approximate surface area is 207 Å². The van der Waals surface area contributed by atoms with Gasteiger partial charge in [0.1, 0.15) is 5.82 Å². The Morgan fingerprint density at radius 1 is 0.971 bits per heavy atom. The van der Waals surface area contributed by atoms with E-state index in [0.717, 1.165) is 65.5 Å². The normalized spacial score (nSPS) is 14.4. The van der Waals surface area contributed by atoms with Crippen LogP contribution in [0.25, 0.3) is 11.3 Å². The first-order chi connectivity index (χ1) is 17.0. The van der Waals surface area contributed by atoms with Gasteiger partial charge in [-0.3, -0.25) is 4.79 Å². The van der Waals surface area contributed by atoms with E-state index in [1.807, 2.05) is 48.7 Å². The number of rotatable bonds is 8. The fraction of sp³-hybridized carbons (Fsp3) is 0.267. The molecule has 5 heteroatoms. The van der Waals surface area contributed by atoms with Crippen LogP contribution in [0.15, 0.2) is 79.0 Å². The van der Waals surface area contributed by atoms with Crippen molar-refractivity contribution < 1.29 is 4.79 Å². The van der Waals surface area contributed by atoms with Gasteiger partial charge in [-0.15, -0.1) is 0 Å². The molecular formula is C30H32N4O. The average molecular weight is 465 g/mol. The Hall–Kier alpha value is -3.86. The maximum Gasteiger partial charge on any atom is 0.167 e.